The molecule has 5 heteroatoms. The molecule has 2 atom stereocenters. The number of hydrogen-bond acceptors (Lipinski definition) is 4. The van der Waals surface area contributed by atoms with E-state index in [9.17, 15) is 8.42 Å². The van der Waals surface area contributed by atoms with Gasteiger partial charge in [-0.05, 0) is 59.0 Å². The zero-order valence-corrected chi connectivity index (χ0v) is 13.3. The Hall–Kier alpha value is -0.130. The fraction of sp³-hybridized carbons (Fsp3) is 1.00. The van der Waals surface area contributed by atoms with Gasteiger partial charge in [0.2, 0.25) is 0 Å². The molecule has 0 aromatic heterocycles. The van der Waals surface area contributed by atoms with Crippen molar-refractivity contribution in [1.29, 1.82) is 0 Å². The van der Waals surface area contributed by atoms with Gasteiger partial charge >= 0.3 is 0 Å². The van der Waals surface area contributed by atoms with Crippen molar-refractivity contribution in [1.82, 2.24) is 10.2 Å². The molecule has 2 aliphatic rings. The van der Waals surface area contributed by atoms with E-state index in [1.165, 1.54) is 6.42 Å². The molecule has 4 nitrogen and oxygen atoms in total. The molecule has 1 N–H and O–H groups in total. The van der Waals surface area contributed by atoms with Crippen molar-refractivity contribution in [2.24, 2.45) is 5.92 Å². The SMILES string of the molecule is CC(C)(C)NCC1CCN(C2CCCS(=O)(=O)C2)C1. The van der Waals surface area contributed by atoms with Crippen LogP contribution in [0.4, 0.5) is 0 Å². The van der Waals surface area contributed by atoms with Crippen LogP contribution >= 0.6 is 0 Å². The van der Waals surface area contributed by atoms with Gasteiger partial charge in [-0.2, -0.15) is 0 Å². The first-order valence-corrected chi connectivity index (χ1v) is 9.27. The molecular formula is C14H28N2O2S. The van der Waals surface area contributed by atoms with Crippen molar-refractivity contribution < 1.29 is 8.42 Å². The molecule has 0 bridgehead atoms. The van der Waals surface area contributed by atoms with Gasteiger partial charge in [0.25, 0.3) is 0 Å². The molecular weight excluding hydrogens is 260 g/mol. The van der Waals surface area contributed by atoms with Gasteiger partial charge in [0.15, 0.2) is 9.84 Å². The molecule has 2 heterocycles. The van der Waals surface area contributed by atoms with Crippen LogP contribution in [0, 0.1) is 5.92 Å². The van der Waals surface area contributed by atoms with Crippen LogP contribution in [-0.4, -0.2) is 56.0 Å². The maximum absolute atomic E-state index is 11.7. The van der Waals surface area contributed by atoms with Crippen molar-refractivity contribution in [3.05, 3.63) is 0 Å². The highest BCUT2D eigenvalue weighted by atomic mass is 32.2. The van der Waals surface area contributed by atoms with E-state index < -0.39 is 9.84 Å². The molecule has 112 valence electrons. The maximum Gasteiger partial charge on any atom is 0.151 e. The summed E-state index contributed by atoms with van der Waals surface area (Å²) >= 11 is 0. The fourth-order valence-corrected chi connectivity index (χ4v) is 4.83. The van der Waals surface area contributed by atoms with E-state index in [0.717, 1.165) is 32.5 Å². The molecule has 2 fully saturated rings. The first-order valence-electron chi connectivity index (χ1n) is 7.45. The summed E-state index contributed by atoms with van der Waals surface area (Å²) in [5, 5.41) is 3.56. The Balaban J connectivity index is 1.81. The number of nitrogens with one attached hydrogen (secondary N) is 1. The number of likely N-dealkylation sites (tertiary alicyclic amines) is 1. The highest BCUT2D eigenvalue weighted by Crippen LogP contribution is 2.24. The molecule has 0 radical (unpaired) electrons. The van der Waals surface area contributed by atoms with Crippen molar-refractivity contribution in [2.45, 2.75) is 51.6 Å². The van der Waals surface area contributed by atoms with Crippen LogP contribution in [0.25, 0.3) is 0 Å². The van der Waals surface area contributed by atoms with Crippen LogP contribution in [0.5, 0.6) is 0 Å². The van der Waals surface area contributed by atoms with Crippen LogP contribution < -0.4 is 5.32 Å². The lowest BCUT2D eigenvalue weighted by Gasteiger charge is -2.31. The van der Waals surface area contributed by atoms with Gasteiger partial charge in [-0.3, -0.25) is 4.90 Å². The minimum absolute atomic E-state index is 0.168. The summed E-state index contributed by atoms with van der Waals surface area (Å²) in [5.41, 5.74) is 0.168. The highest BCUT2D eigenvalue weighted by Gasteiger charge is 2.33. The lowest BCUT2D eigenvalue weighted by atomic mass is 10.1. The molecule has 2 aliphatic heterocycles. The van der Waals surface area contributed by atoms with Gasteiger partial charge in [0, 0.05) is 18.1 Å². The summed E-state index contributed by atoms with van der Waals surface area (Å²) in [7, 11) is -2.78. The van der Waals surface area contributed by atoms with E-state index in [-0.39, 0.29) is 11.6 Å². The highest BCUT2D eigenvalue weighted by molar-refractivity contribution is 7.91. The third-order valence-corrected chi connectivity index (χ3v) is 6.00. The van der Waals surface area contributed by atoms with Crippen molar-refractivity contribution in [3.63, 3.8) is 0 Å². The molecule has 2 rings (SSSR count). The number of sulfone groups is 1. The van der Waals surface area contributed by atoms with E-state index in [1.54, 1.807) is 0 Å². The monoisotopic (exact) mass is 288 g/mol. The number of rotatable bonds is 3. The van der Waals surface area contributed by atoms with Crippen molar-refractivity contribution in [3.8, 4) is 0 Å². The first kappa shape index (κ1) is 15.3. The Labute approximate surface area is 117 Å². The Morgan fingerprint density at radius 1 is 1.26 bits per heavy atom. The van der Waals surface area contributed by atoms with E-state index in [0.29, 0.717) is 17.4 Å². The van der Waals surface area contributed by atoms with Crippen LogP contribution in [0.1, 0.15) is 40.0 Å². The maximum atomic E-state index is 11.7. The van der Waals surface area contributed by atoms with Crippen LogP contribution in [0.2, 0.25) is 0 Å². The average Bonchev–Trinajstić information content (AvgIpc) is 2.72. The minimum atomic E-state index is -2.78. The minimum Gasteiger partial charge on any atom is -0.312 e. The average molecular weight is 288 g/mol. The summed E-state index contributed by atoms with van der Waals surface area (Å²) < 4.78 is 23.4. The van der Waals surface area contributed by atoms with E-state index in [1.807, 2.05) is 0 Å². The largest absolute Gasteiger partial charge is 0.312 e. The Kier molecular flexibility index (Phi) is 4.58. The summed E-state index contributed by atoms with van der Waals surface area (Å²) in [4.78, 5) is 2.41. The lowest BCUT2D eigenvalue weighted by molar-refractivity contribution is 0.231. The van der Waals surface area contributed by atoms with Crippen molar-refractivity contribution >= 4 is 9.84 Å². The third-order valence-electron chi connectivity index (χ3n) is 4.19. The molecule has 19 heavy (non-hydrogen) atoms. The topological polar surface area (TPSA) is 49.4 Å². The van der Waals surface area contributed by atoms with Crippen LogP contribution in [-0.2, 0) is 9.84 Å². The van der Waals surface area contributed by atoms with Crippen molar-refractivity contribution in [2.75, 3.05) is 31.1 Å². The predicted octanol–water partition coefficient (Wildman–Crippen LogP) is 1.27. The quantitative estimate of drug-likeness (QED) is 0.850. The normalized spacial score (nSPS) is 32.6. The van der Waals surface area contributed by atoms with Gasteiger partial charge in [0.1, 0.15) is 0 Å². The molecule has 2 saturated heterocycles. The van der Waals surface area contributed by atoms with Crippen LogP contribution in [0.15, 0.2) is 0 Å². The van der Waals surface area contributed by atoms with Crippen LogP contribution in [0.3, 0.4) is 0 Å². The lowest BCUT2D eigenvalue weighted by Crippen LogP contribution is -2.43. The fourth-order valence-electron chi connectivity index (χ4n) is 3.10. The Morgan fingerprint density at radius 3 is 2.63 bits per heavy atom. The molecule has 0 aromatic carbocycles. The molecule has 0 saturated carbocycles. The van der Waals surface area contributed by atoms with E-state index in [2.05, 4.69) is 31.0 Å². The second kappa shape index (κ2) is 5.70. The standard InChI is InChI=1S/C14H28N2O2S/c1-14(2,3)15-9-12-6-7-16(10-12)13-5-4-8-19(17,18)11-13/h12-13,15H,4-11H2,1-3H3. The Bertz CT molecular complexity index is 400. The summed E-state index contributed by atoms with van der Waals surface area (Å²) in [5.74, 6) is 1.45. The summed E-state index contributed by atoms with van der Waals surface area (Å²) in [6, 6.07) is 0.276. The molecule has 2 unspecified atom stereocenters. The zero-order chi connectivity index (χ0) is 14.1. The second-order valence-electron chi connectivity index (χ2n) is 7.19. The van der Waals surface area contributed by atoms with Gasteiger partial charge in [-0.15, -0.1) is 0 Å². The number of hydrogen-bond donors (Lipinski definition) is 1. The van der Waals surface area contributed by atoms with Gasteiger partial charge in [-0.25, -0.2) is 8.42 Å². The van der Waals surface area contributed by atoms with E-state index in [4.69, 9.17) is 0 Å². The predicted molar refractivity (Wildman–Crippen MR) is 79.1 cm³/mol. The number of nitrogens with zero attached hydrogens (tertiary/aromatic N) is 1. The second-order valence-corrected chi connectivity index (χ2v) is 9.42. The van der Waals surface area contributed by atoms with E-state index >= 15 is 0 Å². The molecule has 0 spiro atoms. The molecule has 0 aliphatic carbocycles. The van der Waals surface area contributed by atoms with Gasteiger partial charge in [0.05, 0.1) is 11.5 Å². The third kappa shape index (κ3) is 4.72. The molecule has 0 aromatic rings. The van der Waals surface area contributed by atoms with Gasteiger partial charge < -0.3 is 5.32 Å². The Morgan fingerprint density at radius 2 is 2.00 bits per heavy atom. The van der Waals surface area contributed by atoms with Gasteiger partial charge in [-0.1, -0.05) is 0 Å². The molecule has 0 amide bonds. The summed E-state index contributed by atoms with van der Waals surface area (Å²) in [6.45, 7) is 9.73. The summed E-state index contributed by atoms with van der Waals surface area (Å²) in [6.07, 6.45) is 3.09. The zero-order valence-electron chi connectivity index (χ0n) is 12.5. The smallest absolute Gasteiger partial charge is 0.151 e. The first-order chi connectivity index (χ1) is 8.75.